The van der Waals surface area contributed by atoms with E-state index >= 15 is 0 Å². The van der Waals surface area contributed by atoms with Gasteiger partial charge in [0.15, 0.2) is 0 Å². The molecule has 1 fully saturated rings. The largest absolute Gasteiger partial charge is 0.371 e. The molecule has 2 nitrogen and oxygen atoms in total. The molecule has 1 aromatic rings. The van der Waals surface area contributed by atoms with Crippen molar-refractivity contribution < 1.29 is 0 Å². The molecule has 1 aliphatic heterocycles. The summed E-state index contributed by atoms with van der Waals surface area (Å²) >= 11 is 3.73. The second kappa shape index (κ2) is 7.64. The predicted octanol–water partition coefficient (Wildman–Crippen LogP) is 4.97. The molecule has 0 radical (unpaired) electrons. The lowest BCUT2D eigenvalue weighted by molar-refractivity contribution is 0.199. The maximum Gasteiger partial charge on any atom is 0.0377 e. The molecule has 1 saturated heterocycles. The van der Waals surface area contributed by atoms with Crippen LogP contribution in [0.15, 0.2) is 22.7 Å². The van der Waals surface area contributed by atoms with Gasteiger partial charge < -0.3 is 10.2 Å². The lowest BCUT2D eigenvalue weighted by atomic mass is 9.74. The van der Waals surface area contributed by atoms with Crippen molar-refractivity contribution in [2.75, 3.05) is 24.5 Å². The van der Waals surface area contributed by atoms with E-state index in [2.05, 4.69) is 65.1 Å². The fraction of sp³-hybridized carbons (Fsp3) is 0.667. The van der Waals surface area contributed by atoms with Gasteiger partial charge in [0.2, 0.25) is 0 Å². The second-order valence-electron chi connectivity index (χ2n) is 6.25. The van der Waals surface area contributed by atoms with Crippen LogP contribution in [0.2, 0.25) is 0 Å². The first-order valence-electron chi connectivity index (χ1n) is 8.38. The Kier molecular flexibility index (Phi) is 6.12. The first-order valence-corrected chi connectivity index (χ1v) is 9.17. The lowest BCUT2D eigenvalue weighted by Gasteiger charge is -2.42. The number of piperidine rings is 1. The molecule has 1 aliphatic rings. The molecule has 21 heavy (non-hydrogen) atoms. The van der Waals surface area contributed by atoms with Crippen LogP contribution in [0.1, 0.15) is 52.0 Å². The third kappa shape index (κ3) is 4.01. The molecule has 0 atom stereocenters. The summed E-state index contributed by atoms with van der Waals surface area (Å²) in [4.78, 5) is 2.55. The van der Waals surface area contributed by atoms with Crippen LogP contribution in [-0.2, 0) is 6.54 Å². The van der Waals surface area contributed by atoms with Crippen LogP contribution in [0.5, 0.6) is 0 Å². The Morgan fingerprint density at radius 1 is 1.14 bits per heavy atom. The maximum absolute atomic E-state index is 3.73. The highest BCUT2D eigenvalue weighted by atomic mass is 79.9. The van der Waals surface area contributed by atoms with Crippen molar-refractivity contribution in [2.24, 2.45) is 5.41 Å². The summed E-state index contributed by atoms with van der Waals surface area (Å²) in [6, 6.07) is 6.82. The van der Waals surface area contributed by atoms with E-state index in [1.54, 1.807) is 0 Å². The Morgan fingerprint density at radius 2 is 1.81 bits per heavy atom. The van der Waals surface area contributed by atoms with E-state index in [0.717, 1.165) is 13.1 Å². The quantitative estimate of drug-likeness (QED) is 0.777. The number of nitrogens with zero attached hydrogens (tertiary/aromatic N) is 1. The molecular weight excluding hydrogens is 324 g/mol. The van der Waals surface area contributed by atoms with Crippen molar-refractivity contribution in [3.05, 3.63) is 28.2 Å². The average Bonchev–Trinajstić information content (AvgIpc) is 2.54. The molecule has 118 valence electrons. The summed E-state index contributed by atoms with van der Waals surface area (Å²) in [5.41, 5.74) is 3.30. The van der Waals surface area contributed by atoms with Crippen molar-refractivity contribution in [2.45, 2.75) is 53.0 Å². The Labute approximate surface area is 138 Å². The van der Waals surface area contributed by atoms with Crippen LogP contribution >= 0.6 is 15.9 Å². The SMILES string of the molecule is CCNCc1ccc(N2CCC(CC)(CC)CC2)cc1Br. The fourth-order valence-corrected chi connectivity index (χ4v) is 3.84. The molecule has 0 aliphatic carbocycles. The van der Waals surface area contributed by atoms with E-state index in [1.165, 1.54) is 54.5 Å². The second-order valence-corrected chi connectivity index (χ2v) is 7.10. The Hall–Kier alpha value is -0.540. The van der Waals surface area contributed by atoms with E-state index in [1.807, 2.05) is 0 Å². The number of rotatable bonds is 6. The zero-order chi connectivity index (χ0) is 15.3. The van der Waals surface area contributed by atoms with Gasteiger partial charge in [-0.25, -0.2) is 0 Å². The number of anilines is 1. The first-order chi connectivity index (χ1) is 10.1. The van der Waals surface area contributed by atoms with E-state index in [4.69, 9.17) is 0 Å². The zero-order valence-corrected chi connectivity index (χ0v) is 15.3. The molecule has 2 rings (SSSR count). The molecule has 0 aromatic heterocycles. The van der Waals surface area contributed by atoms with Crippen LogP contribution in [-0.4, -0.2) is 19.6 Å². The van der Waals surface area contributed by atoms with Crippen molar-refractivity contribution in [1.29, 1.82) is 0 Å². The number of hydrogen-bond acceptors (Lipinski definition) is 2. The van der Waals surface area contributed by atoms with E-state index in [-0.39, 0.29) is 0 Å². The molecule has 0 amide bonds. The average molecular weight is 353 g/mol. The topological polar surface area (TPSA) is 15.3 Å². The smallest absolute Gasteiger partial charge is 0.0377 e. The van der Waals surface area contributed by atoms with Gasteiger partial charge in [0.25, 0.3) is 0 Å². The molecule has 0 saturated carbocycles. The summed E-state index contributed by atoms with van der Waals surface area (Å²) in [7, 11) is 0. The van der Waals surface area contributed by atoms with Gasteiger partial charge in [0.1, 0.15) is 0 Å². The number of nitrogens with one attached hydrogen (secondary N) is 1. The van der Waals surface area contributed by atoms with E-state index in [0.29, 0.717) is 5.41 Å². The Morgan fingerprint density at radius 3 is 2.33 bits per heavy atom. The van der Waals surface area contributed by atoms with Crippen LogP contribution in [0, 0.1) is 5.41 Å². The highest BCUT2D eigenvalue weighted by molar-refractivity contribution is 9.10. The third-order valence-electron chi connectivity index (χ3n) is 5.29. The van der Waals surface area contributed by atoms with Crippen molar-refractivity contribution >= 4 is 21.6 Å². The molecule has 0 spiro atoms. The van der Waals surface area contributed by atoms with Crippen molar-refractivity contribution in [3.8, 4) is 0 Å². The van der Waals surface area contributed by atoms with Gasteiger partial charge in [-0.3, -0.25) is 0 Å². The van der Waals surface area contributed by atoms with Gasteiger partial charge in [-0.15, -0.1) is 0 Å². The number of benzene rings is 1. The Balaban J connectivity index is 2.02. The summed E-state index contributed by atoms with van der Waals surface area (Å²) in [6.45, 7) is 11.2. The van der Waals surface area contributed by atoms with Gasteiger partial charge in [-0.05, 0) is 42.5 Å². The molecular formula is C18H29BrN2. The monoisotopic (exact) mass is 352 g/mol. The normalized spacial score (nSPS) is 18.0. The lowest BCUT2D eigenvalue weighted by Crippen LogP contribution is -2.39. The molecule has 0 unspecified atom stereocenters. The number of hydrogen-bond donors (Lipinski definition) is 1. The Bertz CT molecular complexity index is 445. The predicted molar refractivity (Wildman–Crippen MR) is 96.0 cm³/mol. The van der Waals surface area contributed by atoms with E-state index < -0.39 is 0 Å². The van der Waals surface area contributed by atoms with Gasteiger partial charge in [-0.2, -0.15) is 0 Å². The molecule has 0 bridgehead atoms. The van der Waals surface area contributed by atoms with Crippen molar-refractivity contribution in [3.63, 3.8) is 0 Å². The standard InChI is InChI=1S/C18H29BrN2/c1-4-18(5-2)9-11-21(12-10-18)16-8-7-15(14-20-6-3)17(19)13-16/h7-8,13,20H,4-6,9-12,14H2,1-3H3. The van der Waals surface area contributed by atoms with Crippen LogP contribution in [0.3, 0.4) is 0 Å². The zero-order valence-electron chi connectivity index (χ0n) is 13.7. The van der Waals surface area contributed by atoms with Crippen LogP contribution in [0.25, 0.3) is 0 Å². The minimum absolute atomic E-state index is 0.596. The van der Waals surface area contributed by atoms with Crippen LogP contribution < -0.4 is 10.2 Å². The molecule has 1 heterocycles. The fourth-order valence-electron chi connectivity index (χ4n) is 3.33. The first kappa shape index (κ1) is 16.8. The molecule has 3 heteroatoms. The minimum Gasteiger partial charge on any atom is -0.371 e. The number of halogens is 1. The summed E-state index contributed by atoms with van der Waals surface area (Å²) in [6.07, 6.45) is 5.30. The summed E-state index contributed by atoms with van der Waals surface area (Å²) < 4.78 is 1.23. The van der Waals surface area contributed by atoms with Gasteiger partial charge in [0, 0.05) is 29.8 Å². The molecule has 1 aromatic carbocycles. The van der Waals surface area contributed by atoms with Gasteiger partial charge >= 0.3 is 0 Å². The summed E-state index contributed by atoms with van der Waals surface area (Å²) in [5.74, 6) is 0. The third-order valence-corrected chi connectivity index (χ3v) is 6.03. The minimum atomic E-state index is 0.596. The summed E-state index contributed by atoms with van der Waals surface area (Å²) in [5, 5.41) is 3.39. The molecule has 1 N–H and O–H groups in total. The van der Waals surface area contributed by atoms with Crippen molar-refractivity contribution in [1.82, 2.24) is 5.32 Å². The highest BCUT2D eigenvalue weighted by Gasteiger charge is 2.31. The van der Waals surface area contributed by atoms with Gasteiger partial charge in [-0.1, -0.05) is 55.6 Å². The van der Waals surface area contributed by atoms with Gasteiger partial charge in [0.05, 0.1) is 0 Å². The highest BCUT2D eigenvalue weighted by Crippen LogP contribution is 2.39. The van der Waals surface area contributed by atoms with E-state index in [9.17, 15) is 0 Å². The van der Waals surface area contributed by atoms with Crippen LogP contribution in [0.4, 0.5) is 5.69 Å². The maximum atomic E-state index is 3.73.